The van der Waals surface area contributed by atoms with Crippen molar-refractivity contribution in [1.29, 1.82) is 0 Å². The molecule has 0 aromatic heterocycles. The Labute approximate surface area is 291 Å². The fourth-order valence-corrected chi connectivity index (χ4v) is 9.63. The first-order valence-corrected chi connectivity index (χ1v) is 17.6. The van der Waals surface area contributed by atoms with E-state index < -0.39 is 0 Å². The molecule has 3 heteroatoms. The van der Waals surface area contributed by atoms with Crippen LogP contribution in [0.3, 0.4) is 0 Å². The number of hydrogen-bond acceptors (Lipinski definition) is 3. The minimum atomic E-state index is 1.18. The number of para-hydroxylation sites is 2. The van der Waals surface area contributed by atoms with E-state index in [0.717, 1.165) is 0 Å². The Morgan fingerprint density at radius 1 is 0.306 bits per heavy atom. The third kappa shape index (κ3) is 4.03. The van der Waals surface area contributed by atoms with Gasteiger partial charge in [0.2, 0.25) is 0 Å². The SMILES string of the molecule is CN(C1=C2C(=C(SC3=C4C(=C(N(C)c5ccccc5)c5ccccc54)c4ccccc43)c3ccccc32)c2ccccc21)c1ccccc1. The lowest BCUT2D eigenvalue weighted by Gasteiger charge is -2.23. The molecule has 0 fully saturated rings. The summed E-state index contributed by atoms with van der Waals surface area (Å²) in [7, 11) is 4.42. The molecular weight excluding hydrogens is 613 g/mol. The summed E-state index contributed by atoms with van der Waals surface area (Å²) in [6, 6.07) is 57.4. The molecule has 4 aliphatic rings. The number of thioether (sulfide) groups is 1. The van der Waals surface area contributed by atoms with E-state index in [-0.39, 0.29) is 0 Å². The second-order valence-corrected chi connectivity index (χ2v) is 13.9. The molecular formula is C46H32N2S. The van der Waals surface area contributed by atoms with Gasteiger partial charge in [0.15, 0.2) is 0 Å². The summed E-state index contributed by atoms with van der Waals surface area (Å²) in [6.45, 7) is 0. The zero-order valence-electron chi connectivity index (χ0n) is 27.3. The van der Waals surface area contributed by atoms with Crippen molar-refractivity contribution < 1.29 is 0 Å². The zero-order valence-corrected chi connectivity index (χ0v) is 28.1. The third-order valence-corrected chi connectivity index (χ3v) is 11.6. The van der Waals surface area contributed by atoms with Gasteiger partial charge in [0.25, 0.3) is 0 Å². The Morgan fingerprint density at radius 2 is 0.592 bits per heavy atom. The molecule has 0 radical (unpaired) electrons. The van der Waals surface area contributed by atoms with Gasteiger partial charge in [-0.2, -0.15) is 0 Å². The Morgan fingerprint density at radius 3 is 0.959 bits per heavy atom. The number of benzene rings is 6. The second kappa shape index (κ2) is 10.9. The van der Waals surface area contributed by atoms with Crippen molar-refractivity contribution >= 4 is 66.6 Å². The quantitative estimate of drug-likeness (QED) is 0.178. The summed E-state index contributed by atoms with van der Waals surface area (Å²) in [5.74, 6) is 0. The van der Waals surface area contributed by atoms with Crippen LogP contribution in [0.15, 0.2) is 158 Å². The van der Waals surface area contributed by atoms with E-state index in [4.69, 9.17) is 0 Å². The van der Waals surface area contributed by atoms with Gasteiger partial charge in [0, 0.05) is 68.7 Å². The smallest absolute Gasteiger partial charge is 0.0574 e. The molecule has 0 aliphatic heterocycles. The lowest BCUT2D eigenvalue weighted by molar-refractivity contribution is 1.23. The van der Waals surface area contributed by atoms with Crippen molar-refractivity contribution in [3.8, 4) is 0 Å². The first kappa shape index (κ1) is 28.3. The van der Waals surface area contributed by atoms with Crippen molar-refractivity contribution in [2.24, 2.45) is 0 Å². The molecule has 0 bridgehead atoms. The van der Waals surface area contributed by atoms with Crippen LogP contribution in [0.1, 0.15) is 44.5 Å². The highest BCUT2D eigenvalue weighted by Gasteiger charge is 2.42. The van der Waals surface area contributed by atoms with E-state index in [1.165, 1.54) is 99.4 Å². The minimum Gasteiger partial charge on any atom is -0.344 e. The highest BCUT2D eigenvalue weighted by molar-refractivity contribution is 8.17. The maximum Gasteiger partial charge on any atom is 0.0574 e. The Hall–Kier alpha value is -5.77. The summed E-state index contributed by atoms with van der Waals surface area (Å²) >= 11 is 1.95. The van der Waals surface area contributed by atoms with Gasteiger partial charge < -0.3 is 9.80 Å². The van der Waals surface area contributed by atoms with Crippen LogP contribution in [-0.2, 0) is 0 Å². The van der Waals surface area contributed by atoms with E-state index in [9.17, 15) is 0 Å². The van der Waals surface area contributed by atoms with E-state index in [0.29, 0.717) is 0 Å². The summed E-state index contributed by atoms with van der Waals surface area (Å²) in [5.41, 5.74) is 20.6. The van der Waals surface area contributed by atoms with Gasteiger partial charge in [0.1, 0.15) is 0 Å². The van der Waals surface area contributed by atoms with Gasteiger partial charge in [-0.05, 0) is 57.6 Å². The first-order valence-electron chi connectivity index (χ1n) is 16.8. The van der Waals surface area contributed by atoms with Crippen molar-refractivity contribution in [3.05, 3.63) is 202 Å². The molecule has 232 valence electrons. The number of rotatable bonds is 6. The molecule has 0 atom stereocenters. The third-order valence-electron chi connectivity index (χ3n) is 10.4. The standard InChI is InChI=1S/C46H32N2S/c1-47(29-17-5-3-6-18-29)43-35-25-13-9-21-31(35)41-39(43)33-23-11-15-27-37(33)45(41)49-46-38-28-16-12-24-34(38)40-42(46)32-22-10-14-26-36(32)44(40)48(2)30-19-7-4-8-20-30/h3-28H,1-2H3. The Kier molecular flexibility index (Phi) is 6.27. The molecule has 6 aromatic carbocycles. The average Bonchev–Trinajstić information content (AvgIpc) is 3.88. The molecule has 0 saturated carbocycles. The Bertz CT molecular complexity index is 2310. The molecule has 0 saturated heterocycles. The second-order valence-electron chi connectivity index (χ2n) is 12.9. The maximum absolute atomic E-state index is 2.37. The average molecular weight is 645 g/mol. The van der Waals surface area contributed by atoms with Crippen LogP contribution in [0.25, 0.3) is 43.5 Å². The minimum absolute atomic E-state index is 1.18. The highest BCUT2D eigenvalue weighted by Crippen LogP contribution is 2.65. The Balaban J connectivity index is 1.24. The maximum atomic E-state index is 2.37. The molecule has 0 unspecified atom stereocenters. The van der Waals surface area contributed by atoms with Crippen LogP contribution >= 0.6 is 11.8 Å². The van der Waals surface area contributed by atoms with Crippen LogP contribution in [-0.4, -0.2) is 14.1 Å². The molecule has 2 nitrogen and oxygen atoms in total. The lowest BCUT2D eigenvalue weighted by atomic mass is 10.0. The van der Waals surface area contributed by atoms with Gasteiger partial charge in [-0.15, -0.1) is 0 Å². The predicted molar refractivity (Wildman–Crippen MR) is 210 cm³/mol. The summed E-state index contributed by atoms with van der Waals surface area (Å²) in [6.07, 6.45) is 0. The van der Waals surface area contributed by atoms with E-state index in [1.54, 1.807) is 0 Å². The summed E-state index contributed by atoms with van der Waals surface area (Å²) < 4.78 is 0. The number of allylic oxidation sites excluding steroid dienone is 4. The summed E-state index contributed by atoms with van der Waals surface area (Å²) in [5, 5.41) is 0. The van der Waals surface area contributed by atoms with Crippen molar-refractivity contribution in [2.75, 3.05) is 23.9 Å². The zero-order chi connectivity index (χ0) is 32.6. The van der Waals surface area contributed by atoms with E-state index in [2.05, 4.69) is 182 Å². The molecule has 0 spiro atoms. The van der Waals surface area contributed by atoms with Gasteiger partial charge in [-0.1, -0.05) is 145 Å². The molecule has 4 aliphatic carbocycles. The predicted octanol–water partition coefficient (Wildman–Crippen LogP) is 11.5. The number of nitrogens with zero attached hydrogens (tertiary/aromatic N) is 2. The molecule has 6 aromatic rings. The van der Waals surface area contributed by atoms with Crippen molar-refractivity contribution in [2.45, 2.75) is 0 Å². The summed E-state index contributed by atoms with van der Waals surface area (Å²) in [4.78, 5) is 7.40. The van der Waals surface area contributed by atoms with Crippen LogP contribution in [0, 0.1) is 0 Å². The topological polar surface area (TPSA) is 6.48 Å². The fraction of sp³-hybridized carbons (Fsp3) is 0.0435. The van der Waals surface area contributed by atoms with Crippen molar-refractivity contribution in [1.82, 2.24) is 0 Å². The first-order chi connectivity index (χ1) is 24.2. The van der Waals surface area contributed by atoms with Gasteiger partial charge in [-0.3, -0.25) is 0 Å². The van der Waals surface area contributed by atoms with Gasteiger partial charge >= 0.3 is 0 Å². The normalized spacial score (nSPS) is 14.9. The lowest BCUT2D eigenvalue weighted by Crippen LogP contribution is -2.15. The molecule has 10 rings (SSSR count). The number of hydrogen-bond donors (Lipinski definition) is 0. The molecule has 0 heterocycles. The largest absolute Gasteiger partial charge is 0.344 e. The van der Waals surface area contributed by atoms with Crippen LogP contribution < -0.4 is 9.80 Å². The van der Waals surface area contributed by atoms with Crippen LogP contribution in [0.5, 0.6) is 0 Å². The van der Waals surface area contributed by atoms with Crippen molar-refractivity contribution in [3.63, 3.8) is 0 Å². The van der Waals surface area contributed by atoms with Gasteiger partial charge in [-0.25, -0.2) is 0 Å². The highest BCUT2D eigenvalue weighted by atomic mass is 32.2. The van der Waals surface area contributed by atoms with E-state index in [1.807, 2.05) is 11.8 Å². The van der Waals surface area contributed by atoms with Crippen LogP contribution in [0.2, 0.25) is 0 Å². The molecule has 0 amide bonds. The number of anilines is 2. The van der Waals surface area contributed by atoms with Crippen LogP contribution in [0.4, 0.5) is 11.4 Å². The van der Waals surface area contributed by atoms with E-state index >= 15 is 0 Å². The molecule has 49 heavy (non-hydrogen) atoms. The molecule has 0 N–H and O–H groups in total. The fourth-order valence-electron chi connectivity index (χ4n) is 8.23. The van der Waals surface area contributed by atoms with Gasteiger partial charge in [0.05, 0.1) is 11.4 Å². The number of fused-ring (bicyclic) bond motifs is 10. The monoisotopic (exact) mass is 644 g/mol.